The fraction of sp³-hybridized carbons (Fsp3) is 0.100. The second-order valence-electron chi connectivity index (χ2n) is 3.04. The molecule has 2 rings (SSSR count). The molecule has 0 saturated carbocycles. The highest BCUT2D eigenvalue weighted by Gasteiger charge is 2.09. The maximum absolute atomic E-state index is 13.5. The molecule has 0 unspecified atom stereocenters. The van der Waals surface area contributed by atoms with Gasteiger partial charge in [-0.05, 0) is 18.2 Å². The van der Waals surface area contributed by atoms with E-state index in [-0.39, 0.29) is 11.4 Å². The zero-order valence-corrected chi connectivity index (χ0v) is 9.16. The van der Waals surface area contributed by atoms with E-state index < -0.39 is 5.82 Å². The predicted octanol–water partition coefficient (Wildman–Crippen LogP) is 2.37. The fourth-order valence-corrected chi connectivity index (χ4v) is 1.38. The van der Waals surface area contributed by atoms with E-state index in [9.17, 15) is 4.39 Å². The average molecular weight is 239 g/mol. The van der Waals surface area contributed by atoms with Crippen molar-refractivity contribution in [2.24, 2.45) is 0 Å². The highest BCUT2D eigenvalue weighted by molar-refractivity contribution is 6.30. The Balaban J connectivity index is 2.53. The number of rotatable bonds is 2. The van der Waals surface area contributed by atoms with Crippen molar-refractivity contribution in [3.05, 3.63) is 35.2 Å². The van der Waals surface area contributed by atoms with Gasteiger partial charge in [0.05, 0.1) is 11.8 Å². The van der Waals surface area contributed by atoms with Gasteiger partial charge in [-0.1, -0.05) is 11.6 Å². The fourth-order valence-electron chi connectivity index (χ4n) is 1.21. The second-order valence-corrected chi connectivity index (χ2v) is 3.48. The van der Waals surface area contributed by atoms with Crippen LogP contribution in [0.2, 0.25) is 5.02 Å². The van der Waals surface area contributed by atoms with Crippen molar-refractivity contribution >= 4 is 17.4 Å². The van der Waals surface area contributed by atoms with Crippen molar-refractivity contribution < 1.29 is 4.39 Å². The van der Waals surface area contributed by atoms with Gasteiger partial charge >= 0.3 is 0 Å². The van der Waals surface area contributed by atoms with Gasteiger partial charge in [-0.3, -0.25) is 0 Å². The summed E-state index contributed by atoms with van der Waals surface area (Å²) in [4.78, 5) is 4.08. The van der Waals surface area contributed by atoms with Crippen LogP contribution in [0.4, 0.5) is 10.2 Å². The first kappa shape index (κ1) is 10.8. The molecule has 0 bridgehead atoms. The standard InChI is InChI=1S/C10H8ClFN4/c1-13-9-5-14-16-10(15-9)7-4-6(11)2-3-8(7)12/h2-5H,1H3,(H,13,15,16). The van der Waals surface area contributed by atoms with Crippen LogP contribution in [-0.2, 0) is 0 Å². The number of nitrogens with zero attached hydrogens (tertiary/aromatic N) is 3. The monoisotopic (exact) mass is 238 g/mol. The van der Waals surface area contributed by atoms with Gasteiger partial charge in [0.1, 0.15) is 11.6 Å². The Hall–Kier alpha value is -1.75. The minimum atomic E-state index is -0.431. The van der Waals surface area contributed by atoms with Gasteiger partial charge in [-0.25, -0.2) is 9.37 Å². The van der Waals surface area contributed by atoms with Crippen LogP contribution in [0.1, 0.15) is 0 Å². The van der Waals surface area contributed by atoms with E-state index in [1.54, 1.807) is 7.05 Å². The van der Waals surface area contributed by atoms with E-state index >= 15 is 0 Å². The number of aromatic nitrogens is 3. The molecule has 4 nitrogen and oxygen atoms in total. The zero-order valence-electron chi connectivity index (χ0n) is 8.41. The van der Waals surface area contributed by atoms with E-state index in [2.05, 4.69) is 20.5 Å². The van der Waals surface area contributed by atoms with Crippen LogP contribution < -0.4 is 5.32 Å². The van der Waals surface area contributed by atoms with E-state index in [0.717, 1.165) is 0 Å². The highest BCUT2D eigenvalue weighted by Crippen LogP contribution is 2.23. The molecular formula is C10H8ClFN4. The van der Waals surface area contributed by atoms with Crippen molar-refractivity contribution in [2.45, 2.75) is 0 Å². The van der Waals surface area contributed by atoms with Crippen LogP contribution in [0.3, 0.4) is 0 Å². The Morgan fingerprint density at radius 1 is 1.38 bits per heavy atom. The van der Waals surface area contributed by atoms with Gasteiger partial charge in [-0.2, -0.15) is 5.10 Å². The van der Waals surface area contributed by atoms with E-state index in [1.165, 1.54) is 24.4 Å². The molecule has 2 aromatic rings. The quantitative estimate of drug-likeness (QED) is 0.873. The second kappa shape index (κ2) is 4.40. The molecule has 1 heterocycles. The van der Waals surface area contributed by atoms with Crippen LogP contribution in [0, 0.1) is 5.82 Å². The summed E-state index contributed by atoms with van der Waals surface area (Å²) in [5.41, 5.74) is 0.233. The topological polar surface area (TPSA) is 50.7 Å². The number of hydrogen-bond acceptors (Lipinski definition) is 4. The minimum Gasteiger partial charge on any atom is -0.372 e. The van der Waals surface area contributed by atoms with Gasteiger partial charge in [-0.15, -0.1) is 5.10 Å². The van der Waals surface area contributed by atoms with E-state index in [4.69, 9.17) is 11.6 Å². The molecule has 6 heteroatoms. The third-order valence-corrected chi connectivity index (χ3v) is 2.22. The normalized spacial score (nSPS) is 10.2. The van der Waals surface area contributed by atoms with Crippen LogP contribution in [0.5, 0.6) is 0 Å². The molecule has 0 amide bonds. The summed E-state index contributed by atoms with van der Waals surface area (Å²) in [5, 5.41) is 10.7. The summed E-state index contributed by atoms with van der Waals surface area (Å²) in [7, 11) is 1.70. The molecule has 0 saturated heterocycles. The van der Waals surface area contributed by atoms with Gasteiger partial charge in [0.25, 0.3) is 0 Å². The molecule has 1 aromatic heterocycles. The molecule has 82 valence electrons. The van der Waals surface area contributed by atoms with Crippen LogP contribution in [-0.4, -0.2) is 22.2 Å². The van der Waals surface area contributed by atoms with E-state index in [1.807, 2.05) is 0 Å². The largest absolute Gasteiger partial charge is 0.372 e. The Kier molecular flexibility index (Phi) is 2.96. The van der Waals surface area contributed by atoms with E-state index in [0.29, 0.717) is 10.8 Å². The first-order valence-electron chi connectivity index (χ1n) is 4.53. The Bertz CT molecular complexity index is 518. The summed E-state index contributed by atoms with van der Waals surface area (Å²) >= 11 is 5.78. The molecule has 1 aromatic carbocycles. The van der Waals surface area contributed by atoms with Crippen molar-refractivity contribution in [1.82, 2.24) is 15.2 Å². The third kappa shape index (κ3) is 2.09. The van der Waals surface area contributed by atoms with Crippen molar-refractivity contribution in [3.8, 4) is 11.4 Å². The number of hydrogen-bond donors (Lipinski definition) is 1. The van der Waals surface area contributed by atoms with Gasteiger partial charge in [0.15, 0.2) is 5.82 Å². The molecule has 0 spiro atoms. The molecule has 16 heavy (non-hydrogen) atoms. The molecule has 0 atom stereocenters. The lowest BCUT2D eigenvalue weighted by Crippen LogP contribution is -1.99. The number of anilines is 1. The molecule has 1 N–H and O–H groups in total. The van der Waals surface area contributed by atoms with Crippen LogP contribution in [0.15, 0.2) is 24.4 Å². The first-order chi connectivity index (χ1) is 7.70. The molecule has 0 fully saturated rings. The third-order valence-electron chi connectivity index (χ3n) is 1.98. The lowest BCUT2D eigenvalue weighted by Gasteiger charge is -2.03. The van der Waals surface area contributed by atoms with Gasteiger partial charge < -0.3 is 5.32 Å². The van der Waals surface area contributed by atoms with Gasteiger partial charge in [0, 0.05) is 12.1 Å². The summed E-state index contributed by atoms with van der Waals surface area (Å²) in [6, 6.07) is 4.20. The molecule has 0 aliphatic rings. The molecule has 0 aliphatic carbocycles. The summed E-state index contributed by atoms with van der Waals surface area (Å²) in [5.74, 6) is 0.288. The zero-order chi connectivity index (χ0) is 11.5. The van der Waals surface area contributed by atoms with Crippen molar-refractivity contribution in [2.75, 3.05) is 12.4 Å². The van der Waals surface area contributed by atoms with Crippen LogP contribution in [0.25, 0.3) is 11.4 Å². The average Bonchev–Trinajstić information content (AvgIpc) is 2.32. The van der Waals surface area contributed by atoms with Crippen molar-refractivity contribution in [3.63, 3.8) is 0 Å². The maximum Gasteiger partial charge on any atom is 0.186 e. The lowest BCUT2D eigenvalue weighted by molar-refractivity contribution is 0.629. The summed E-state index contributed by atoms with van der Waals surface area (Å²) in [6.07, 6.45) is 1.45. The molecule has 0 radical (unpaired) electrons. The number of benzene rings is 1. The number of nitrogens with one attached hydrogen (secondary N) is 1. The Morgan fingerprint density at radius 3 is 2.94 bits per heavy atom. The van der Waals surface area contributed by atoms with Crippen molar-refractivity contribution in [1.29, 1.82) is 0 Å². The summed E-state index contributed by atoms with van der Waals surface area (Å²) < 4.78 is 13.5. The first-order valence-corrected chi connectivity index (χ1v) is 4.91. The smallest absolute Gasteiger partial charge is 0.186 e. The Morgan fingerprint density at radius 2 is 2.19 bits per heavy atom. The summed E-state index contributed by atoms with van der Waals surface area (Å²) in [6.45, 7) is 0. The van der Waals surface area contributed by atoms with Gasteiger partial charge in [0.2, 0.25) is 0 Å². The minimum absolute atomic E-state index is 0.201. The maximum atomic E-state index is 13.5. The van der Waals surface area contributed by atoms with Crippen LogP contribution >= 0.6 is 11.6 Å². The molecular weight excluding hydrogens is 231 g/mol. The Labute approximate surface area is 96.5 Å². The number of halogens is 2. The predicted molar refractivity (Wildman–Crippen MR) is 59.8 cm³/mol. The highest BCUT2D eigenvalue weighted by atomic mass is 35.5. The lowest BCUT2D eigenvalue weighted by atomic mass is 10.2. The SMILES string of the molecule is CNc1cnnc(-c2cc(Cl)ccc2F)n1. The molecule has 0 aliphatic heterocycles.